The predicted octanol–water partition coefficient (Wildman–Crippen LogP) is 5.66. The van der Waals surface area contributed by atoms with E-state index in [1.54, 1.807) is 0 Å². The van der Waals surface area contributed by atoms with Crippen molar-refractivity contribution in [2.75, 3.05) is 6.26 Å². The van der Waals surface area contributed by atoms with Gasteiger partial charge in [0.1, 0.15) is 6.26 Å². The standard InChI is InChI=1S/C21H17S/c1-22(19-14-13-16-7-2-3-9-18(16)15-19)21-12-6-10-17-8-4-5-11-20(17)21/h2-15H,1H3/q+1. The summed E-state index contributed by atoms with van der Waals surface area (Å²) in [4.78, 5) is 2.82. The third kappa shape index (κ3) is 2.28. The Morgan fingerprint density at radius 2 is 1.27 bits per heavy atom. The van der Waals surface area contributed by atoms with E-state index in [9.17, 15) is 0 Å². The molecule has 0 aliphatic carbocycles. The summed E-state index contributed by atoms with van der Waals surface area (Å²) in [6.07, 6.45) is 2.33. The Morgan fingerprint density at radius 3 is 2.14 bits per heavy atom. The fourth-order valence-electron chi connectivity index (χ4n) is 2.95. The van der Waals surface area contributed by atoms with Crippen LogP contribution in [0, 0.1) is 0 Å². The first-order chi connectivity index (χ1) is 10.8. The minimum absolute atomic E-state index is 0.0726. The SMILES string of the molecule is C[S+](c1ccc2ccccc2c1)c1cccc2ccccc12. The van der Waals surface area contributed by atoms with Gasteiger partial charge >= 0.3 is 0 Å². The van der Waals surface area contributed by atoms with Gasteiger partial charge in [-0.05, 0) is 40.4 Å². The molecule has 1 unspecified atom stereocenters. The number of hydrogen-bond acceptors (Lipinski definition) is 0. The molecule has 1 heteroatoms. The van der Waals surface area contributed by atoms with Crippen LogP contribution in [0.2, 0.25) is 0 Å². The minimum Gasteiger partial charge on any atom is -0.0616 e. The zero-order chi connectivity index (χ0) is 14.9. The summed E-state index contributed by atoms with van der Waals surface area (Å²) in [6, 6.07) is 30.7. The minimum atomic E-state index is 0.0726. The molecular formula is C21H17S+. The van der Waals surface area contributed by atoms with Gasteiger partial charge in [0.15, 0.2) is 9.79 Å². The van der Waals surface area contributed by atoms with Gasteiger partial charge in [-0.25, -0.2) is 0 Å². The summed E-state index contributed by atoms with van der Waals surface area (Å²) in [7, 11) is 0.0726. The van der Waals surface area contributed by atoms with Gasteiger partial charge in [0.2, 0.25) is 0 Å². The van der Waals surface area contributed by atoms with Gasteiger partial charge in [0, 0.05) is 11.5 Å². The molecule has 22 heavy (non-hydrogen) atoms. The van der Waals surface area contributed by atoms with Crippen LogP contribution in [0.5, 0.6) is 0 Å². The smallest absolute Gasteiger partial charge is 0.0616 e. The average molecular weight is 301 g/mol. The van der Waals surface area contributed by atoms with E-state index in [1.807, 2.05) is 0 Å². The maximum atomic E-state index is 2.33. The Balaban J connectivity index is 1.86. The van der Waals surface area contributed by atoms with Gasteiger partial charge < -0.3 is 0 Å². The molecule has 0 nitrogen and oxygen atoms in total. The highest BCUT2D eigenvalue weighted by Crippen LogP contribution is 2.30. The summed E-state index contributed by atoms with van der Waals surface area (Å²) in [6.45, 7) is 0. The lowest BCUT2D eigenvalue weighted by atomic mass is 10.1. The van der Waals surface area contributed by atoms with Gasteiger partial charge in [-0.1, -0.05) is 54.6 Å². The highest BCUT2D eigenvalue weighted by atomic mass is 32.2. The van der Waals surface area contributed by atoms with Crippen LogP contribution in [-0.4, -0.2) is 6.26 Å². The molecule has 4 aromatic carbocycles. The van der Waals surface area contributed by atoms with Crippen molar-refractivity contribution in [3.05, 3.63) is 84.9 Å². The van der Waals surface area contributed by atoms with Gasteiger partial charge in [-0.3, -0.25) is 0 Å². The van der Waals surface area contributed by atoms with Crippen LogP contribution >= 0.6 is 0 Å². The molecule has 0 saturated heterocycles. The molecule has 0 amide bonds. The number of hydrogen-bond donors (Lipinski definition) is 0. The van der Waals surface area contributed by atoms with Crippen molar-refractivity contribution in [3.63, 3.8) is 0 Å². The second-order valence-electron chi connectivity index (χ2n) is 5.50. The van der Waals surface area contributed by atoms with E-state index in [1.165, 1.54) is 31.3 Å². The van der Waals surface area contributed by atoms with E-state index >= 15 is 0 Å². The Bertz CT molecular complexity index is 950. The first-order valence-electron chi connectivity index (χ1n) is 7.45. The average Bonchev–Trinajstić information content (AvgIpc) is 2.60. The maximum Gasteiger partial charge on any atom is 0.168 e. The van der Waals surface area contributed by atoms with E-state index in [-0.39, 0.29) is 10.9 Å². The van der Waals surface area contributed by atoms with Crippen LogP contribution in [0.1, 0.15) is 0 Å². The van der Waals surface area contributed by atoms with Gasteiger partial charge in [0.05, 0.1) is 10.9 Å². The molecule has 0 aliphatic heterocycles. The number of fused-ring (bicyclic) bond motifs is 2. The van der Waals surface area contributed by atoms with E-state index in [2.05, 4.69) is 91.2 Å². The number of benzene rings is 4. The van der Waals surface area contributed by atoms with E-state index in [0.717, 1.165) is 0 Å². The first kappa shape index (κ1) is 13.4. The van der Waals surface area contributed by atoms with Crippen molar-refractivity contribution in [3.8, 4) is 0 Å². The van der Waals surface area contributed by atoms with Crippen molar-refractivity contribution in [1.82, 2.24) is 0 Å². The molecule has 0 bridgehead atoms. The molecule has 106 valence electrons. The molecule has 0 aliphatic rings. The second kappa shape index (κ2) is 5.51. The molecule has 0 aromatic heterocycles. The molecule has 0 spiro atoms. The van der Waals surface area contributed by atoms with Crippen LogP contribution < -0.4 is 0 Å². The fraction of sp³-hybridized carbons (Fsp3) is 0.0476. The molecule has 0 heterocycles. The zero-order valence-electron chi connectivity index (χ0n) is 12.5. The summed E-state index contributed by atoms with van der Waals surface area (Å²) >= 11 is 0. The van der Waals surface area contributed by atoms with Crippen LogP contribution in [0.3, 0.4) is 0 Å². The first-order valence-corrected chi connectivity index (χ1v) is 9.09. The third-order valence-electron chi connectivity index (χ3n) is 4.15. The molecule has 0 N–H and O–H groups in total. The molecule has 4 aromatic rings. The Morgan fingerprint density at radius 1 is 0.591 bits per heavy atom. The van der Waals surface area contributed by atoms with Crippen molar-refractivity contribution in [1.29, 1.82) is 0 Å². The molecule has 0 fully saturated rings. The van der Waals surface area contributed by atoms with Gasteiger partial charge in [0.25, 0.3) is 0 Å². The van der Waals surface area contributed by atoms with Crippen molar-refractivity contribution in [2.24, 2.45) is 0 Å². The molecule has 0 radical (unpaired) electrons. The summed E-state index contributed by atoms with van der Waals surface area (Å²) in [5.74, 6) is 0. The molecular weight excluding hydrogens is 284 g/mol. The topological polar surface area (TPSA) is 0 Å². The van der Waals surface area contributed by atoms with Crippen molar-refractivity contribution >= 4 is 32.4 Å². The Hall–Kier alpha value is -2.25. The van der Waals surface area contributed by atoms with E-state index in [0.29, 0.717) is 0 Å². The Kier molecular flexibility index (Phi) is 3.36. The largest absolute Gasteiger partial charge is 0.168 e. The lowest BCUT2D eigenvalue weighted by Gasteiger charge is -2.07. The highest BCUT2D eigenvalue weighted by molar-refractivity contribution is 7.96. The maximum absolute atomic E-state index is 2.33. The second-order valence-corrected chi connectivity index (χ2v) is 7.43. The van der Waals surface area contributed by atoms with Gasteiger partial charge in [-0.15, -0.1) is 0 Å². The monoisotopic (exact) mass is 301 g/mol. The van der Waals surface area contributed by atoms with E-state index in [4.69, 9.17) is 0 Å². The van der Waals surface area contributed by atoms with Gasteiger partial charge in [-0.2, -0.15) is 0 Å². The highest BCUT2D eigenvalue weighted by Gasteiger charge is 2.21. The summed E-state index contributed by atoms with van der Waals surface area (Å²) < 4.78 is 0. The Labute approximate surface area is 133 Å². The van der Waals surface area contributed by atoms with Crippen LogP contribution in [-0.2, 0) is 10.9 Å². The van der Waals surface area contributed by atoms with Crippen LogP contribution in [0.15, 0.2) is 94.7 Å². The molecule has 1 atom stereocenters. The predicted molar refractivity (Wildman–Crippen MR) is 97.7 cm³/mol. The van der Waals surface area contributed by atoms with Crippen molar-refractivity contribution < 1.29 is 0 Å². The number of rotatable bonds is 2. The normalized spacial score (nSPS) is 12.6. The lowest BCUT2D eigenvalue weighted by Crippen LogP contribution is -2.01. The van der Waals surface area contributed by atoms with E-state index < -0.39 is 0 Å². The molecule has 0 saturated carbocycles. The van der Waals surface area contributed by atoms with Crippen molar-refractivity contribution in [2.45, 2.75) is 9.79 Å². The third-order valence-corrected chi connectivity index (χ3v) is 6.13. The fourth-order valence-corrected chi connectivity index (χ4v) is 4.58. The zero-order valence-corrected chi connectivity index (χ0v) is 13.3. The van der Waals surface area contributed by atoms with Crippen LogP contribution in [0.25, 0.3) is 21.5 Å². The summed E-state index contributed by atoms with van der Waals surface area (Å²) in [5, 5.41) is 5.31. The quantitative estimate of drug-likeness (QED) is 0.419. The molecule has 4 rings (SSSR count). The lowest BCUT2D eigenvalue weighted by molar-refractivity contribution is 1.43. The van der Waals surface area contributed by atoms with Crippen LogP contribution in [0.4, 0.5) is 0 Å². The summed E-state index contributed by atoms with van der Waals surface area (Å²) in [5.41, 5.74) is 0.